The van der Waals surface area contributed by atoms with Gasteiger partial charge in [0.05, 0.1) is 5.56 Å². The van der Waals surface area contributed by atoms with Crippen molar-refractivity contribution in [2.24, 2.45) is 0 Å². The van der Waals surface area contributed by atoms with Gasteiger partial charge in [-0.15, -0.1) is 0 Å². The molecular formula is C16H28N4O. The number of anilines is 1. The summed E-state index contributed by atoms with van der Waals surface area (Å²) >= 11 is 0. The molecule has 0 aliphatic carbocycles. The van der Waals surface area contributed by atoms with Gasteiger partial charge in [-0.1, -0.05) is 20.3 Å². The molecule has 1 saturated heterocycles. The summed E-state index contributed by atoms with van der Waals surface area (Å²) in [6, 6.07) is 0. The van der Waals surface area contributed by atoms with Gasteiger partial charge in [0.2, 0.25) is 5.88 Å². The molecule has 21 heavy (non-hydrogen) atoms. The maximum atomic E-state index is 5.92. The lowest BCUT2D eigenvalue weighted by Gasteiger charge is -2.26. The Bertz CT molecular complexity index is 419. The molecule has 0 spiro atoms. The van der Waals surface area contributed by atoms with E-state index in [0.29, 0.717) is 6.61 Å². The molecule has 0 atom stereocenters. The minimum atomic E-state index is 0.706. The highest BCUT2D eigenvalue weighted by atomic mass is 16.5. The number of hydrogen-bond donors (Lipinski definition) is 1. The third-order valence-electron chi connectivity index (χ3n) is 3.90. The Labute approximate surface area is 128 Å². The van der Waals surface area contributed by atoms with Gasteiger partial charge in [0.1, 0.15) is 18.8 Å². The van der Waals surface area contributed by atoms with Gasteiger partial charge in [-0.3, -0.25) is 4.90 Å². The lowest BCUT2D eigenvalue weighted by Crippen LogP contribution is -2.33. The van der Waals surface area contributed by atoms with E-state index in [1.54, 1.807) is 6.33 Å². The van der Waals surface area contributed by atoms with E-state index in [9.17, 15) is 0 Å². The largest absolute Gasteiger partial charge is 0.476 e. The number of nitrogens with zero attached hydrogens (tertiary/aromatic N) is 3. The first-order valence-corrected chi connectivity index (χ1v) is 8.28. The van der Waals surface area contributed by atoms with Gasteiger partial charge < -0.3 is 10.1 Å². The van der Waals surface area contributed by atoms with E-state index in [-0.39, 0.29) is 0 Å². The zero-order valence-electron chi connectivity index (χ0n) is 13.4. The number of hydrogen-bond acceptors (Lipinski definition) is 5. The highest BCUT2D eigenvalue weighted by molar-refractivity contribution is 5.48. The van der Waals surface area contributed by atoms with Gasteiger partial charge in [0, 0.05) is 13.1 Å². The molecule has 0 aromatic carbocycles. The third kappa shape index (κ3) is 4.84. The first-order chi connectivity index (χ1) is 10.3. The monoisotopic (exact) mass is 292 g/mol. The molecular weight excluding hydrogens is 264 g/mol. The van der Waals surface area contributed by atoms with Crippen LogP contribution in [0, 0.1) is 0 Å². The molecule has 2 rings (SSSR count). The minimum absolute atomic E-state index is 0.706. The molecule has 5 nitrogen and oxygen atoms in total. The fourth-order valence-corrected chi connectivity index (χ4v) is 2.69. The molecule has 0 amide bonds. The van der Waals surface area contributed by atoms with Crippen molar-refractivity contribution in [2.45, 2.75) is 46.0 Å². The van der Waals surface area contributed by atoms with E-state index in [2.05, 4.69) is 34.0 Å². The van der Waals surface area contributed by atoms with Crippen LogP contribution in [0.1, 0.15) is 45.1 Å². The van der Waals surface area contributed by atoms with E-state index in [0.717, 1.165) is 43.2 Å². The zero-order chi connectivity index (χ0) is 14.9. The topological polar surface area (TPSA) is 50.3 Å². The van der Waals surface area contributed by atoms with Crippen molar-refractivity contribution in [3.8, 4) is 5.88 Å². The quantitative estimate of drug-likeness (QED) is 0.798. The van der Waals surface area contributed by atoms with Gasteiger partial charge in [-0.25, -0.2) is 9.97 Å². The van der Waals surface area contributed by atoms with E-state index in [1.165, 1.54) is 32.4 Å². The van der Waals surface area contributed by atoms with Crippen LogP contribution in [-0.2, 0) is 6.42 Å². The molecule has 0 radical (unpaired) electrons. The summed E-state index contributed by atoms with van der Waals surface area (Å²) in [5, 5.41) is 3.35. The fraction of sp³-hybridized carbons (Fsp3) is 0.750. The molecule has 0 bridgehead atoms. The SMILES string of the molecule is CCCNc1ncnc(OCCN2CCCCC2)c1CC. The predicted molar refractivity (Wildman–Crippen MR) is 86.0 cm³/mol. The van der Waals surface area contributed by atoms with Crippen LogP contribution in [0.15, 0.2) is 6.33 Å². The van der Waals surface area contributed by atoms with Crippen LogP contribution in [0.4, 0.5) is 5.82 Å². The van der Waals surface area contributed by atoms with Crippen molar-refractivity contribution in [2.75, 3.05) is 38.1 Å². The van der Waals surface area contributed by atoms with Gasteiger partial charge in [-0.05, 0) is 38.8 Å². The number of piperidine rings is 1. The molecule has 1 aliphatic heterocycles. The second kappa shape index (κ2) is 8.82. The number of rotatable bonds is 8. The van der Waals surface area contributed by atoms with Crippen LogP contribution < -0.4 is 10.1 Å². The Balaban J connectivity index is 1.89. The highest BCUT2D eigenvalue weighted by Crippen LogP contribution is 2.22. The Morgan fingerprint density at radius 1 is 1.19 bits per heavy atom. The molecule has 1 N–H and O–H groups in total. The minimum Gasteiger partial charge on any atom is -0.476 e. The lowest BCUT2D eigenvalue weighted by molar-refractivity contribution is 0.180. The average molecular weight is 292 g/mol. The van der Waals surface area contributed by atoms with Crippen LogP contribution in [0.2, 0.25) is 0 Å². The lowest BCUT2D eigenvalue weighted by atomic mass is 10.1. The summed E-state index contributed by atoms with van der Waals surface area (Å²) in [4.78, 5) is 11.1. The molecule has 5 heteroatoms. The van der Waals surface area contributed by atoms with Crippen LogP contribution in [-0.4, -0.2) is 47.7 Å². The summed E-state index contributed by atoms with van der Waals surface area (Å²) in [6.07, 6.45) is 7.56. The summed E-state index contributed by atoms with van der Waals surface area (Å²) < 4.78 is 5.92. The maximum absolute atomic E-state index is 5.92. The van der Waals surface area contributed by atoms with Crippen molar-refractivity contribution in [3.05, 3.63) is 11.9 Å². The van der Waals surface area contributed by atoms with Crippen molar-refractivity contribution in [3.63, 3.8) is 0 Å². The third-order valence-corrected chi connectivity index (χ3v) is 3.90. The van der Waals surface area contributed by atoms with E-state index >= 15 is 0 Å². The normalized spacial score (nSPS) is 15.9. The van der Waals surface area contributed by atoms with E-state index in [4.69, 9.17) is 4.74 Å². The van der Waals surface area contributed by atoms with Crippen molar-refractivity contribution in [1.82, 2.24) is 14.9 Å². The smallest absolute Gasteiger partial charge is 0.221 e. The second-order valence-electron chi connectivity index (χ2n) is 5.54. The summed E-state index contributed by atoms with van der Waals surface area (Å²) in [6.45, 7) is 9.30. The van der Waals surface area contributed by atoms with Crippen molar-refractivity contribution in [1.29, 1.82) is 0 Å². The fourth-order valence-electron chi connectivity index (χ4n) is 2.69. The average Bonchev–Trinajstić information content (AvgIpc) is 2.54. The predicted octanol–water partition coefficient (Wildman–Crippen LogP) is 2.73. The number of likely N-dealkylation sites (tertiary alicyclic amines) is 1. The molecule has 1 aliphatic rings. The van der Waals surface area contributed by atoms with Crippen LogP contribution >= 0.6 is 0 Å². The van der Waals surface area contributed by atoms with E-state index < -0.39 is 0 Å². The van der Waals surface area contributed by atoms with Crippen molar-refractivity contribution < 1.29 is 4.74 Å². The van der Waals surface area contributed by atoms with E-state index in [1.807, 2.05) is 0 Å². The summed E-state index contributed by atoms with van der Waals surface area (Å²) in [5.41, 5.74) is 1.09. The molecule has 0 unspecified atom stereocenters. The van der Waals surface area contributed by atoms with Crippen LogP contribution in [0.3, 0.4) is 0 Å². The molecule has 1 aromatic rings. The van der Waals surface area contributed by atoms with Crippen LogP contribution in [0.5, 0.6) is 5.88 Å². The summed E-state index contributed by atoms with van der Waals surface area (Å²) in [5.74, 6) is 1.66. The van der Waals surface area contributed by atoms with Gasteiger partial charge in [-0.2, -0.15) is 0 Å². The number of nitrogens with one attached hydrogen (secondary N) is 1. The first kappa shape index (κ1) is 16.0. The standard InChI is InChI=1S/C16H28N4O/c1-3-8-17-15-14(4-2)16(19-13-18-15)21-12-11-20-9-6-5-7-10-20/h13H,3-12H2,1-2H3,(H,17,18,19). The second-order valence-corrected chi connectivity index (χ2v) is 5.54. The molecule has 2 heterocycles. The van der Waals surface area contributed by atoms with Gasteiger partial charge in [0.25, 0.3) is 0 Å². The Kier molecular flexibility index (Phi) is 6.73. The molecule has 1 aromatic heterocycles. The van der Waals surface area contributed by atoms with Gasteiger partial charge >= 0.3 is 0 Å². The Hall–Kier alpha value is -1.36. The van der Waals surface area contributed by atoms with Crippen molar-refractivity contribution >= 4 is 5.82 Å². The summed E-state index contributed by atoms with van der Waals surface area (Å²) in [7, 11) is 0. The van der Waals surface area contributed by atoms with Crippen LogP contribution in [0.25, 0.3) is 0 Å². The Morgan fingerprint density at radius 2 is 2.00 bits per heavy atom. The zero-order valence-corrected chi connectivity index (χ0v) is 13.4. The maximum Gasteiger partial charge on any atom is 0.221 e. The molecule has 0 saturated carbocycles. The Morgan fingerprint density at radius 3 is 2.71 bits per heavy atom. The number of aromatic nitrogens is 2. The van der Waals surface area contributed by atoms with Gasteiger partial charge in [0.15, 0.2) is 0 Å². The molecule has 1 fully saturated rings. The highest BCUT2D eigenvalue weighted by Gasteiger charge is 2.13. The first-order valence-electron chi connectivity index (χ1n) is 8.28. The number of ether oxygens (including phenoxy) is 1. The molecule has 118 valence electrons.